The Kier molecular flexibility index (Phi) is 2.59. The highest BCUT2D eigenvalue weighted by Gasteiger charge is 2.15. The molecule has 0 unspecified atom stereocenters. The lowest BCUT2D eigenvalue weighted by molar-refractivity contribution is -0.384. The van der Waals surface area contributed by atoms with Gasteiger partial charge in [-0.1, -0.05) is 12.1 Å². The molecule has 5 heteroatoms. The van der Waals surface area contributed by atoms with Crippen molar-refractivity contribution in [3.63, 3.8) is 0 Å². The summed E-state index contributed by atoms with van der Waals surface area (Å²) in [5.41, 5.74) is 0.135. The van der Waals surface area contributed by atoms with Crippen molar-refractivity contribution in [3.05, 3.63) is 34.4 Å². The second-order valence-electron chi connectivity index (χ2n) is 2.40. The SMILES string of the molecule is CN([C]=O)c1ccccc1[N+](=O)[O-]. The molecule has 13 heavy (non-hydrogen) atoms. The van der Waals surface area contributed by atoms with E-state index in [1.54, 1.807) is 18.5 Å². The summed E-state index contributed by atoms with van der Waals surface area (Å²) < 4.78 is 0. The van der Waals surface area contributed by atoms with E-state index < -0.39 is 4.92 Å². The standard InChI is InChI=1S/C8H7N2O3/c1-9(6-11)7-4-2-3-5-8(7)10(12)13/h2-5H,1H3. The number of nitro groups is 1. The van der Waals surface area contributed by atoms with Gasteiger partial charge in [-0.25, -0.2) is 0 Å². The molecular weight excluding hydrogens is 172 g/mol. The molecule has 67 valence electrons. The van der Waals surface area contributed by atoms with Gasteiger partial charge in [0, 0.05) is 13.1 Å². The third-order valence-electron chi connectivity index (χ3n) is 1.58. The van der Waals surface area contributed by atoms with Gasteiger partial charge in [-0.15, -0.1) is 0 Å². The summed E-state index contributed by atoms with van der Waals surface area (Å²) in [5, 5.41) is 10.5. The maximum Gasteiger partial charge on any atom is 0.316 e. The molecule has 0 aliphatic heterocycles. The molecule has 0 aromatic heterocycles. The molecule has 1 aromatic carbocycles. The fourth-order valence-electron chi connectivity index (χ4n) is 0.951. The molecule has 0 aliphatic rings. The minimum atomic E-state index is -0.539. The van der Waals surface area contributed by atoms with Crippen LogP contribution in [0.2, 0.25) is 0 Å². The highest BCUT2D eigenvalue weighted by Crippen LogP contribution is 2.25. The fraction of sp³-hybridized carbons (Fsp3) is 0.125. The molecule has 0 N–H and O–H groups in total. The second-order valence-corrected chi connectivity index (χ2v) is 2.40. The van der Waals surface area contributed by atoms with Gasteiger partial charge in [0.15, 0.2) is 0 Å². The Morgan fingerprint density at radius 1 is 1.46 bits per heavy atom. The molecule has 0 heterocycles. The summed E-state index contributed by atoms with van der Waals surface area (Å²) in [6.07, 6.45) is 1.56. The molecule has 1 aromatic rings. The molecule has 0 fully saturated rings. The summed E-state index contributed by atoms with van der Waals surface area (Å²) in [6, 6.07) is 5.99. The summed E-state index contributed by atoms with van der Waals surface area (Å²) in [4.78, 5) is 21.3. The van der Waals surface area contributed by atoms with Gasteiger partial charge in [-0.3, -0.25) is 14.9 Å². The maximum atomic E-state index is 10.5. The Morgan fingerprint density at radius 3 is 2.62 bits per heavy atom. The van der Waals surface area contributed by atoms with E-state index in [1.165, 1.54) is 19.2 Å². The van der Waals surface area contributed by atoms with Crippen LogP contribution in [-0.2, 0) is 4.79 Å². The summed E-state index contributed by atoms with van der Waals surface area (Å²) >= 11 is 0. The van der Waals surface area contributed by atoms with Gasteiger partial charge in [0.05, 0.1) is 4.92 Å². The first-order valence-electron chi connectivity index (χ1n) is 3.51. The van der Waals surface area contributed by atoms with Crippen molar-refractivity contribution in [3.8, 4) is 0 Å². The first-order valence-corrected chi connectivity index (χ1v) is 3.51. The largest absolute Gasteiger partial charge is 0.316 e. The number of benzene rings is 1. The van der Waals surface area contributed by atoms with E-state index in [2.05, 4.69) is 0 Å². The topological polar surface area (TPSA) is 63.5 Å². The van der Waals surface area contributed by atoms with Crippen LogP contribution in [0.5, 0.6) is 0 Å². The van der Waals surface area contributed by atoms with Crippen molar-refractivity contribution in [1.82, 2.24) is 0 Å². The number of hydrogen-bond acceptors (Lipinski definition) is 3. The highest BCUT2D eigenvalue weighted by atomic mass is 16.6. The van der Waals surface area contributed by atoms with Crippen molar-refractivity contribution in [2.45, 2.75) is 0 Å². The lowest BCUT2D eigenvalue weighted by Gasteiger charge is -2.08. The third-order valence-corrected chi connectivity index (χ3v) is 1.58. The van der Waals surface area contributed by atoms with E-state index in [4.69, 9.17) is 0 Å². The van der Waals surface area contributed by atoms with Gasteiger partial charge in [0.2, 0.25) is 0 Å². The first kappa shape index (κ1) is 9.18. The van der Waals surface area contributed by atoms with Crippen LogP contribution in [0.25, 0.3) is 0 Å². The molecule has 0 atom stereocenters. The van der Waals surface area contributed by atoms with Crippen molar-refractivity contribution in [2.24, 2.45) is 0 Å². The van der Waals surface area contributed by atoms with Gasteiger partial charge in [0.1, 0.15) is 5.69 Å². The summed E-state index contributed by atoms with van der Waals surface area (Å²) in [6.45, 7) is 0. The van der Waals surface area contributed by atoms with Crippen LogP contribution in [0.1, 0.15) is 0 Å². The van der Waals surface area contributed by atoms with Gasteiger partial charge in [0.25, 0.3) is 5.69 Å². The quantitative estimate of drug-likeness (QED) is 0.396. The maximum absolute atomic E-state index is 10.5. The van der Waals surface area contributed by atoms with Gasteiger partial charge >= 0.3 is 6.41 Å². The minimum absolute atomic E-state index is 0.103. The van der Waals surface area contributed by atoms with Crippen LogP contribution >= 0.6 is 0 Å². The van der Waals surface area contributed by atoms with E-state index in [0.29, 0.717) is 0 Å². The average molecular weight is 179 g/mol. The van der Waals surface area contributed by atoms with E-state index in [0.717, 1.165) is 4.90 Å². The lowest BCUT2D eigenvalue weighted by atomic mass is 10.2. The monoisotopic (exact) mass is 179 g/mol. The molecule has 1 amide bonds. The second kappa shape index (κ2) is 3.66. The van der Waals surface area contributed by atoms with Crippen molar-refractivity contribution < 1.29 is 9.72 Å². The Hall–Kier alpha value is -1.91. The smallest absolute Gasteiger partial charge is 0.301 e. The van der Waals surface area contributed by atoms with Crippen LogP contribution in [0.15, 0.2) is 24.3 Å². The number of carbonyl (C=O) groups excluding carboxylic acids is 1. The zero-order valence-corrected chi connectivity index (χ0v) is 6.93. The zero-order valence-electron chi connectivity index (χ0n) is 6.93. The molecule has 0 aliphatic carbocycles. The third kappa shape index (κ3) is 1.81. The molecule has 0 bridgehead atoms. The van der Waals surface area contributed by atoms with Crippen molar-refractivity contribution >= 4 is 17.8 Å². The van der Waals surface area contributed by atoms with Crippen LogP contribution in [-0.4, -0.2) is 18.4 Å². The fourth-order valence-corrected chi connectivity index (χ4v) is 0.951. The molecule has 5 nitrogen and oxygen atoms in total. The Labute approximate surface area is 74.7 Å². The van der Waals surface area contributed by atoms with E-state index in [1.807, 2.05) is 0 Å². The first-order chi connectivity index (χ1) is 6.16. The van der Waals surface area contributed by atoms with E-state index in [-0.39, 0.29) is 11.4 Å². The predicted octanol–water partition coefficient (Wildman–Crippen LogP) is 1.10. The zero-order chi connectivity index (χ0) is 9.84. The van der Waals surface area contributed by atoms with Gasteiger partial charge in [-0.05, 0) is 6.07 Å². The van der Waals surface area contributed by atoms with Crippen molar-refractivity contribution in [1.29, 1.82) is 0 Å². The van der Waals surface area contributed by atoms with Crippen LogP contribution < -0.4 is 4.90 Å². The lowest BCUT2D eigenvalue weighted by Crippen LogP contribution is -2.14. The average Bonchev–Trinajstić information content (AvgIpc) is 2.16. The normalized spacial score (nSPS) is 9.31. The van der Waals surface area contributed by atoms with Crippen LogP contribution in [0, 0.1) is 10.1 Å². The molecule has 1 rings (SSSR count). The number of hydrogen-bond donors (Lipinski definition) is 0. The Morgan fingerprint density at radius 2 is 2.08 bits per heavy atom. The van der Waals surface area contributed by atoms with Crippen LogP contribution in [0.4, 0.5) is 11.4 Å². The van der Waals surface area contributed by atoms with Crippen molar-refractivity contribution in [2.75, 3.05) is 11.9 Å². The number of rotatable bonds is 3. The number of para-hydroxylation sites is 2. The van der Waals surface area contributed by atoms with Gasteiger partial charge < -0.3 is 4.90 Å². The van der Waals surface area contributed by atoms with E-state index in [9.17, 15) is 14.9 Å². The van der Waals surface area contributed by atoms with Gasteiger partial charge in [-0.2, -0.15) is 0 Å². The van der Waals surface area contributed by atoms with Crippen LogP contribution in [0.3, 0.4) is 0 Å². The molecular formula is C8H7N2O3. The highest BCUT2D eigenvalue weighted by molar-refractivity contribution is 5.80. The molecule has 0 saturated heterocycles. The number of nitro benzene ring substituents is 1. The summed E-state index contributed by atoms with van der Waals surface area (Å²) in [5.74, 6) is 0. The molecule has 0 saturated carbocycles. The predicted molar refractivity (Wildman–Crippen MR) is 47.2 cm³/mol. The molecule has 0 spiro atoms. The minimum Gasteiger partial charge on any atom is -0.301 e. The number of nitrogens with zero attached hydrogens (tertiary/aromatic N) is 2. The number of amides is 1. The Balaban J connectivity index is 3.19. The van der Waals surface area contributed by atoms with E-state index >= 15 is 0 Å². The Bertz CT molecular complexity index is 338. The summed E-state index contributed by atoms with van der Waals surface area (Å²) in [7, 11) is 1.41. The number of anilines is 1. The molecule has 1 radical (unpaired) electrons.